The van der Waals surface area contributed by atoms with Crippen molar-refractivity contribution < 1.29 is 24.2 Å². The lowest BCUT2D eigenvalue weighted by atomic mass is 9.75. The number of hydrogen-bond donors (Lipinski definition) is 1. The van der Waals surface area contributed by atoms with Crippen LogP contribution in [-0.4, -0.2) is 60.9 Å². The van der Waals surface area contributed by atoms with E-state index >= 15 is 0 Å². The largest absolute Gasteiger partial charge is 0.481 e. The molecule has 1 amide bonds. The fourth-order valence-electron chi connectivity index (χ4n) is 3.04. The van der Waals surface area contributed by atoms with Crippen LogP contribution in [0, 0.1) is 5.41 Å². The Hall–Kier alpha value is -1.14. The Bertz CT molecular complexity index is 357. The van der Waals surface area contributed by atoms with Crippen molar-refractivity contribution >= 4 is 11.9 Å². The van der Waals surface area contributed by atoms with Crippen molar-refractivity contribution in [2.75, 3.05) is 32.9 Å². The molecule has 6 nitrogen and oxygen atoms in total. The molecule has 2 fully saturated rings. The number of nitrogens with zero attached hydrogens (tertiary/aromatic N) is 1. The number of hydrogen-bond acceptors (Lipinski definition) is 4. The average Bonchev–Trinajstić information content (AvgIpc) is 2.48. The number of likely N-dealkylation sites (tertiary alicyclic amines) is 1. The smallest absolute Gasteiger partial charge is 0.309 e. The van der Waals surface area contributed by atoms with Crippen LogP contribution in [0.15, 0.2) is 0 Å². The zero-order valence-electron chi connectivity index (χ0n) is 12.0. The SMILES string of the molecule is CCCC1(C(=O)O)CCN(C(=O)C2COCCO2)CC1. The molecule has 1 unspecified atom stereocenters. The minimum atomic E-state index is -0.733. The van der Waals surface area contributed by atoms with Gasteiger partial charge in [-0.1, -0.05) is 13.3 Å². The second kappa shape index (κ2) is 6.54. The van der Waals surface area contributed by atoms with Gasteiger partial charge in [0.25, 0.3) is 5.91 Å². The minimum Gasteiger partial charge on any atom is -0.481 e. The summed E-state index contributed by atoms with van der Waals surface area (Å²) in [6, 6.07) is 0. The van der Waals surface area contributed by atoms with Gasteiger partial charge in [-0.3, -0.25) is 9.59 Å². The van der Waals surface area contributed by atoms with Crippen molar-refractivity contribution in [1.82, 2.24) is 4.90 Å². The molecule has 0 radical (unpaired) electrons. The Kier molecular flexibility index (Phi) is 4.99. The highest BCUT2D eigenvalue weighted by Crippen LogP contribution is 2.36. The van der Waals surface area contributed by atoms with E-state index < -0.39 is 17.5 Å². The molecular formula is C14H23NO5. The number of carboxylic acid groups (broad SMARTS) is 1. The van der Waals surface area contributed by atoms with Gasteiger partial charge in [0.1, 0.15) is 0 Å². The Morgan fingerprint density at radius 2 is 2.00 bits per heavy atom. The molecule has 0 saturated carbocycles. The number of ether oxygens (including phenoxy) is 2. The first-order valence-corrected chi connectivity index (χ1v) is 7.30. The van der Waals surface area contributed by atoms with Gasteiger partial charge in [-0.2, -0.15) is 0 Å². The van der Waals surface area contributed by atoms with Crippen molar-refractivity contribution in [3.8, 4) is 0 Å². The van der Waals surface area contributed by atoms with E-state index in [1.807, 2.05) is 6.92 Å². The van der Waals surface area contributed by atoms with E-state index in [0.717, 1.165) is 6.42 Å². The Balaban J connectivity index is 1.92. The van der Waals surface area contributed by atoms with E-state index in [1.54, 1.807) is 4.90 Å². The fraction of sp³-hybridized carbons (Fsp3) is 0.857. The van der Waals surface area contributed by atoms with Crippen LogP contribution in [0.4, 0.5) is 0 Å². The molecule has 2 saturated heterocycles. The van der Waals surface area contributed by atoms with Crippen molar-refractivity contribution in [3.63, 3.8) is 0 Å². The van der Waals surface area contributed by atoms with Crippen molar-refractivity contribution in [2.24, 2.45) is 5.41 Å². The van der Waals surface area contributed by atoms with Crippen molar-refractivity contribution in [1.29, 1.82) is 0 Å². The van der Waals surface area contributed by atoms with Crippen LogP contribution in [-0.2, 0) is 19.1 Å². The van der Waals surface area contributed by atoms with E-state index in [-0.39, 0.29) is 5.91 Å². The minimum absolute atomic E-state index is 0.0693. The van der Waals surface area contributed by atoms with Crippen LogP contribution in [0.25, 0.3) is 0 Å². The summed E-state index contributed by atoms with van der Waals surface area (Å²) in [6.45, 7) is 4.25. The third-order valence-electron chi connectivity index (χ3n) is 4.31. The summed E-state index contributed by atoms with van der Waals surface area (Å²) >= 11 is 0. The Morgan fingerprint density at radius 3 is 2.50 bits per heavy atom. The summed E-state index contributed by atoms with van der Waals surface area (Å²) in [5.41, 5.74) is -0.657. The topological polar surface area (TPSA) is 76.1 Å². The maximum atomic E-state index is 12.3. The van der Waals surface area contributed by atoms with Gasteiger partial charge >= 0.3 is 5.97 Å². The van der Waals surface area contributed by atoms with Gasteiger partial charge in [-0.15, -0.1) is 0 Å². The molecule has 0 aromatic rings. The maximum absolute atomic E-state index is 12.3. The molecular weight excluding hydrogens is 262 g/mol. The highest BCUT2D eigenvalue weighted by Gasteiger charge is 2.42. The van der Waals surface area contributed by atoms with E-state index in [4.69, 9.17) is 9.47 Å². The van der Waals surface area contributed by atoms with Crippen LogP contribution in [0.5, 0.6) is 0 Å². The molecule has 114 valence electrons. The normalized spacial score (nSPS) is 26.2. The zero-order valence-corrected chi connectivity index (χ0v) is 12.0. The quantitative estimate of drug-likeness (QED) is 0.830. The summed E-state index contributed by atoms with van der Waals surface area (Å²) in [5, 5.41) is 9.45. The highest BCUT2D eigenvalue weighted by molar-refractivity contribution is 5.82. The van der Waals surface area contributed by atoms with E-state index in [2.05, 4.69) is 0 Å². The van der Waals surface area contributed by atoms with Crippen molar-refractivity contribution in [3.05, 3.63) is 0 Å². The number of piperidine rings is 1. The van der Waals surface area contributed by atoms with Crippen LogP contribution in [0.1, 0.15) is 32.6 Å². The molecule has 2 aliphatic rings. The summed E-state index contributed by atoms with van der Waals surface area (Å²) in [5.74, 6) is -0.802. The number of carbonyl (C=O) groups excluding carboxylic acids is 1. The van der Waals surface area contributed by atoms with Gasteiger partial charge < -0.3 is 19.5 Å². The molecule has 2 rings (SSSR count). The molecule has 0 bridgehead atoms. The Morgan fingerprint density at radius 1 is 1.30 bits per heavy atom. The molecule has 0 spiro atoms. The number of rotatable bonds is 4. The maximum Gasteiger partial charge on any atom is 0.309 e. The average molecular weight is 285 g/mol. The van der Waals surface area contributed by atoms with Gasteiger partial charge in [0.2, 0.25) is 0 Å². The second-order valence-corrected chi connectivity index (χ2v) is 5.60. The van der Waals surface area contributed by atoms with E-state index in [9.17, 15) is 14.7 Å². The number of aliphatic carboxylic acids is 1. The molecule has 1 atom stereocenters. The Labute approximate surface area is 119 Å². The highest BCUT2D eigenvalue weighted by atomic mass is 16.6. The molecule has 2 heterocycles. The van der Waals surface area contributed by atoms with Gasteiger partial charge in [-0.05, 0) is 19.3 Å². The van der Waals surface area contributed by atoms with Crippen LogP contribution in [0.3, 0.4) is 0 Å². The lowest BCUT2D eigenvalue weighted by Crippen LogP contribution is -2.51. The molecule has 2 aliphatic heterocycles. The predicted molar refractivity (Wildman–Crippen MR) is 71.3 cm³/mol. The molecule has 0 aliphatic carbocycles. The molecule has 0 aromatic heterocycles. The summed E-state index contributed by atoms with van der Waals surface area (Å²) in [6.07, 6.45) is 2.05. The standard InChI is InChI=1S/C14H23NO5/c1-2-3-14(13(17)18)4-6-15(7-5-14)12(16)11-10-19-8-9-20-11/h11H,2-10H2,1H3,(H,17,18). The third-order valence-corrected chi connectivity index (χ3v) is 4.31. The van der Waals surface area contributed by atoms with Gasteiger partial charge in [0, 0.05) is 13.1 Å². The number of carbonyl (C=O) groups is 2. The predicted octanol–water partition coefficient (Wildman–Crippen LogP) is 0.895. The summed E-state index contributed by atoms with van der Waals surface area (Å²) < 4.78 is 10.7. The molecule has 1 N–H and O–H groups in total. The first kappa shape index (κ1) is 15.3. The summed E-state index contributed by atoms with van der Waals surface area (Å²) in [7, 11) is 0. The molecule has 20 heavy (non-hydrogen) atoms. The van der Waals surface area contributed by atoms with Gasteiger partial charge in [-0.25, -0.2) is 0 Å². The third kappa shape index (κ3) is 3.12. The first-order valence-electron chi connectivity index (χ1n) is 7.30. The van der Waals surface area contributed by atoms with Crippen molar-refractivity contribution in [2.45, 2.75) is 38.7 Å². The lowest BCUT2D eigenvalue weighted by molar-refractivity contribution is -0.164. The zero-order chi connectivity index (χ0) is 14.6. The first-order chi connectivity index (χ1) is 9.59. The molecule has 6 heteroatoms. The number of carboxylic acids is 1. The monoisotopic (exact) mass is 285 g/mol. The van der Waals surface area contributed by atoms with Gasteiger partial charge in [0.15, 0.2) is 6.10 Å². The van der Waals surface area contributed by atoms with Crippen LogP contribution >= 0.6 is 0 Å². The number of amides is 1. The molecule has 0 aromatic carbocycles. The lowest BCUT2D eigenvalue weighted by Gasteiger charge is -2.40. The van der Waals surface area contributed by atoms with Crippen LogP contribution < -0.4 is 0 Å². The fourth-order valence-corrected chi connectivity index (χ4v) is 3.04. The van der Waals surface area contributed by atoms with E-state index in [1.165, 1.54) is 0 Å². The van der Waals surface area contributed by atoms with E-state index in [0.29, 0.717) is 52.2 Å². The second-order valence-electron chi connectivity index (χ2n) is 5.60. The van der Waals surface area contributed by atoms with Gasteiger partial charge in [0.05, 0.1) is 25.2 Å². The summed E-state index contributed by atoms with van der Waals surface area (Å²) in [4.78, 5) is 25.5. The van der Waals surface area contributed by atoms with Crippen LogP contribution in [0.2, 0.25) is 0 Å².